The van der Waals surface area contributed by atoms with Crippen LogP contribution in [0.1, 0.15) is 11.4 Å². The molecular weight excluding hydrogens is 790 g/mol. The summed E-state index contributed by atoms with van der Waals surface area (Å²) in [6.07, 6.45) is 0. The molecule has 8 nitrogen and oxygen atoms in total. The zero-order chi connectivity index (χ0) is 31.9. The number of anilines is 4. The molecule has 0 atom stereocenters. The summed E-state index contributed by atoms with van der Waals surface area (Å²) in [6, 6.07) is 35.3. The van der Waals surface area contributed by atoms with Crippen molar-refractivity contribution in [2.45, 2.75) is 0 Å². The highest BCUT2D eigenvalue weighted by molar-refractivity contribution is 14.1. The second-order valence-electron chi connectivity index (χ2n) is 9.69. The zero-order valence-electron chi connectivity index (χ0n) is 24.5. The van der Waals surface area contributed by atoms with Gasteiger partial charge in [0.2, 0.25) is 0 Å². The van der Waals surface area contributed by atoms with Gasteiger partial charge in [-0.2, -0.15) is 10.5 Å². The van der Waals surface area contributed by atoms with E-state index in [4.69, 9.17) is 14.7 Å². The standard InChI is InChI=1S/C18H14IN3O.C17H12IN3O/c1-22(13-7-8-18(23-2)15(19)10-13)17-9-12(11-20)21-16-6-4-3-5-14(16)17;1-22-17-7-6-11(8-14(17)18)20-16-9-12(10-19)21-15-5-3-2-4-13(15)16/h3-10H,1-2H3;2-9H,1H3,(H,20,21). The van der Waals surface area contributed by atoms with Crippen LogP contribution in [-0.4, -0.2) is 31.2 Å². The second-order valence-corrected chi connectivity index (χ2v) is 12.0. The molecule has 6 aromatic rings. The third kappa shape index (κ3) is 7.19. The second kappa shape index (κ2) is 14.4. The highest BCUT2D eigenvalue weighted by Gasteiger charge is 2.13. The highest BCUT2D eigenvalue weighted by atomic mass is 127. The van der Waals surface area contributed by atoms with Gasteiger partial charge in [0, 0.05) is 29.2 Å². The van der Waals surface area contributed by atoms with Gasteiger partial charge in [-0.1, -0.05) is 36.4 Å². The van der Waals surface area contributed by atoms with Crippen LogP contribution in [0.5, 0.6) is 11.5 Å². The number of nitrogens with one attached hydrogen (secondary N) is 1. The number of aromatic nitrogens is 2. The van der Waals surface area contributed by atoms with Crippen LogP contribution in [0.2, 0.25) is 0 Å². The van der Waals surface area contributed by atoms with E-state index in [0.29, 0.717) is 11.4 Å². The molecule has 0 fully saturated rings. The highest BCUT2D eigenvalue weighted by Crippen LogP contribution is 2.34. The number of rotatable bonds is 6. The fourth-order valence-electron chi connectivity index (χ4n) is 4.73. The number of nitriles is 2. The van der Waals surface area contributed by atoms with Crippen molar-refractivity contribution in [1.82, 2.24) is 9.97 Å². The molecule has 222 valence electrons. The molecular formula is C35H26I2N6O2. The maximum absolute atomic E-state index is 9.24. The number of hydrogen-bond acceptors (Lipinski definition) is 8. The summed E-state index contributed by atoms with van der Waals surface area (Å²) in [5, 5.41) is 23.7. The first-order valence-electron chi connectivity index (χ1n) is 13.6. The summed E-state index contributed by atoms with van der Waals surface area (Å²) in [5.41, 5.74) is 6.19. The maximum atomic E-state index is 9.24. The predicted molar refractivity (Wildman–Crippen MR) is 196 cm³/mol. The first kappa shape index (κ1) is 31.8. The largest absolute Gasteiger partial charge is 0.496 e. The molecule has 0 aliphatic rings. The lowest BCUT2D eigenvalue weighted by Crippen LogP contribution is -2.11. The Morgan fingerprint density at radius 2 is 1.24 bits per heavy atom. The predicted octanol–water partition coefficient (Wildman–Crippen LogP) is 8.95. The van der Waals surface area contributed by atoms with Crippen LogP contribution >= 0.6 is 45.2 Å². The van der Waals surface area contributed by atoms with Gasteiger partial charge in [-0.3, -0.25) is 0 Å². The monoisotopic (exact) mass is 816 g/mol. The molecule has 0 saturated carbocycles. The van der Waals surface area contributed by atoms with E-state index in [-0.39, 0.29) is 0 Å². The molecule has 1 N–H and O–H groups in total. The molecule has 45 heavy (non-hydrogen) atoms. The number of hydrogen-bond donors (Lipinski definition) is 1. The van der Waals surface area contributed by atoms with Gasteiger partial charge in [0.1, 0.15) is 35.0 Å². The van der Waals surface area contributed by atoms with Gasteiger partial charge in [0.05, 0.1) is 43.8 Å². The van der Waals surface area contributed by atoms with E-state index >= 15 is 0 Å². The van der Waals surface area contributed by atoms with Crippen molar-refractivity contribution >= 4 is 89.7 Å². The van der Waals surface area contributed by atoms with E-state index in [0.717, 1.165) is 63.2 Å². The van der Waals surface area contributed by atoms with Gasteiger partial charge in [0.15, 0.2) is 0 Å². The van der Waals surface area contributed by atoms with Crippen LogP contribution in [0.4, 0.5) is 22.7 Å². The lowest BCUT2D eigenvalue weighted by Gasteiger charge is -2.22. The molecule has 2 heterocycles. The van der Waals surface area contributed by atoms with Crippen LogP contribution in [-0.2, 0) is 0 Å². The van der Waals surface area contributed by atoms with E-state index in [2.05, 4.69) is 83.6 Å². The van der Waals surface area contributed by atoms with Crippen LogP contribution < -0.4 is 19.7 Å². The van der Waals surface area contributed by atoms with E-state index in [1.54, 1.807) is 20.3 Å². The summed E-state index contributed by atoms with van der Waals surface area (Å²) in [4.78, 5) is 10.7. The number of para-hydroxylation sites is 2. The molecule has 2 aromatic heterocycles. The Hall–Kier alpha value is -4.66. The topological polar surface area (TPSA) is 107 Å². The number of ether oxygens (including phenoxy) is 2. The summed E-state index contributed by atoms with van der Waals surface area (Å²) in [5.74, 6) is 1.68. The Kier molecular flexibility index (Phi) is 10.2. The molecule has 0 bridgehead atoms. The average molecular weight is 816 g/mol. The van der Waals surface area contributed by atoms with Gasteiger partial charge >= 0.3 is 0 Å². The average Bonchev–Trinajstić information content (AvgIpc) is 3.07. The number of pyridine rings is 2. The van der Waals surface area contributed by atoms with Crippen molar-refractivity contribution in [2.24, 2.45) is 0 Å². The minimum Gasteiger partial charge on any atom is -0.496 e. The lowest BCUT2D eigenvalue weighted by atomic mass is 10.1. The van der Waals surface area contributed by atoms with E-state index in [9.17, 15) is 5.26 Å². The van der Waals surface area contributed by atoms with Crippen molar-refractivity contribution in [3.8, 4) is 23.6 Å². The van der Waals surface area contributed by atoms with Crippen LogP contribution in [0.3, 0.4) is 0 Å². The lowest BCUT2D eigenvalue weighted by molar-refractivity contribution is 0.412. The minimum absolute atomic E-state index is 0.393. The van der Waals surface area contributed by atoms with Crippen LogP contribution in [0, 0.1) is 29.8 Å². The molecule has 4 aromatic carbocycles. The summed E-state index contributed by atoms with van der Waals surface area (Å²) >= 11 is 4.49. The number of methoxy groups -OCH3 is 2. The van der Waals surface area contributed by atoms with E-state index < -0.39 is 0 Å². The smallest absolute Gasteiger partial charge is 0.143 e. The normalized spacial score (nSPS) is 10.3. The van der Waals surface area contributed by atoms with Gasteiger partial charge < -0.3 is 19.7 Å². The molecule has 6 rings (SSSR count). The third-order valence-electron chi connectivity index (χ3n) is 6.95. The molecule has 0 radical (unpaired) electrons. The first-order valence-corrected chi connectivity index (χ1v) is 15.8. The summed E-state index contributed by atoms with van der Waals surface area (Å²) in [6.45, 7) is 0. The SMILES string of the molecule is COc1ccc(N(C)c2cc(C#N)nc3ccccc23)cc1I.COc1ccc(Nc2cc(C#N)nc3ccccc23)cc1I. The number of fused-ring (bicyclic) bond motifs is 2. The Bertz CT molecular complexity index is 2110. The molecule has 0 spiro atoms. The van der Waals surface area contributed by atoms with Gasteiger partial charge in [-0.25, -0.2) is 9.97 Å². The summed E-state index contributed by atoms with van der Waals surface area (Å²) < 4.78 is 12.6. The Morgan fingerprint density at radius 1 is 0.689 bits per heavy atom. The number of benzene rings is 4. The quantitative estimate of drug-likeness (QED) is 0.166. The summed E-state index contributed by atoms with van der Waals surface area (Å²) in [7, 11) is 5.30. The molecule has 0 amide bonds. The third-order valence-corrected chi connectivity index (χ3v) is 8.64. The first-order chi connectivity index (χ1) is 21.8. The van der Waals surface area contributed by atoms with E-state index in [1.807, 2.05) is 92.0 Å². The fourth-order valence-corrected chi connectivity index (χ4v) is 6.19. The Labute approximate surface area is 288 Å². The Morgan fingerprint density at radius 3 is 1.84 bits per heavy atom. The van der Waals surface area contributed by atoms with Crippen LogP contribution in [0.15, 0.2) is 97.1 Å². The van der Waals surface area contributed by atoms with Crippen molar-refractivity contribution in [3.63, 3.8) is 0 Å². The zero-order valence-corrected chi connectivity index (χ0v) is 28.9. The number of halogens is 2. The fraction of sp³-hybridized carbons (Fsp3) is 0.0857. The molecule has 0 aliphatic heterocycles. The van der Waals surface area contributed by atoms with E-state index in [1.165, 1.54) is 0 Å². The molecule has 0 unspecified atom stereocenters. The van der Waals surface area contributed by atoms with Crippen molar-refractivity contribution in [1.29, 1.82) is 10.5 Å². The maximum Gasteiger partial charge on any atom is 0.143 e. The van der Waals surface area contributed by atoms with Crippen molar-refractivity contribution in [3.05, 3.63) is 116 Å². The minimum atomic E-state index is 0.393. The Balaban J connectivity index is 0.000000178. The van der Waals surface area contributed by atoms with Gasteiger partial charge in [-0.15, -0.1) is 0 Å². The van der Waals surface area contributed by atoms with Crippen LogP contribution in [0.25, 0.3) is 21.8 Å². The number of nitrogens with zero attached hydrogens (tertiary/aromatic N) is 5. The molecule has 0 aliphatic carbocycles. The van der Waals surface area contributed by atoms with Gasteiger partial charge in [0.25, 0.3) is 0 Å². The molecule has 10 heteroatoms. The van der Waals surface area contributed by atoms with Crippen molar-refractivity contribution in [2.75, 3.05) is 31.5 Å². The molecule has 0 saturated heterocycles. The van der Waals surface area contributed by atoms with Gasteiger partial charge in [-0.05, 0) is 106 Å². The van der Waals surface area contributed by atoms with Crippen molar-refractivity contribution < 1.29 is 9.47 Å².